The van der Waals surface area contributed by atoms with Gasteiger partial charge in [0.25, 0.3) is 0 Å². The molecule has 1 rings (SSSR count). The normalized spacial score (nSPS) is 11.4. The summed E-state index contributed by atoms with van der Waals surface area (Å²) in [6.45, 7) is 1.62. The van der Waals surface area contributed by atoms with Gasteiger partial charge in [-0.2, -0.15) is 0 Å². The molecule has 0 aromatic heterocycles. The van der Waals surface area contributed by atoms with Crippen LogP contribution in [0.2, 0.25) is 0 Å². The van der Waals surface area contributed by atoms with Crippen molar-refractivity contribution in [3.8, 4) is 5.75 Å². The molecule has 0 aliphatic carbocycles. The molecule has 0 saturated heterocycles. The first-order chi connectivity index (χ1) is 6.36. The Hall–Kier alpha value is -1.14. The molecule has 1 aromatic carbocycles. The quantitative estimate of drug-likeness (QED) is 0.799. The number of primary sulfonamides is 1. The van der Waals surface area contributed by atoms with Gasteiger partial charge in [-0.15, -0.1) is 0 Å². The summed E-state index contributed by atoms with van der Waals surface area (Å²) in [7, 11) is -2.84. The van der Waals surface area contributed by atoms with Gasteiger partial charge in [-0.1, -0.05) is 0 Å². The molecule has 14 heavy (non-hydrogen) atoms. The predicted molar refractivity (Wildman–Crippen MR) is 49.1 cm³/mol. The number of ether oxygens (including phenoxy) is 1. The fraction of sp³-hybridized carbons (Fsp3) is 0.250. The SMILES string of the molecule is COc1cc(C)cc(F)c1S(N)(=O)=O. The summed E-state index contributed by atoms with van der Waals surface area (Å²) in [6, 6.07) is 2.49. The average molecular weight is 219 g/mol. The lowest BCUT2D eigenvalue weighted by atomic mass is 10.2. The smallest absolute Gasteiger partial charge is 0.244 e. The molecule has 0 atom stereocenters. The highest BCUT2D eigenvalue weighted by Crippen LogP contribution is 2.26. The van der Waals surface area contributed by atoms with Crippen LogP contribution in [0.3, 0.4) is 0 Å². The lowest BCUT2D eigenvalue weighted by molar-refractivity contribution is 0.394. The molecule has 78 valence electrons. The Balaban J connectivity index is 3.57. The highest BCUT2D eigenvalue weighted by atomic mass is 32.2. The maximum absolute atomic E-state index is 13.3. The number of benzene rings is 1. The van der Waals surface area contributed by atoms with Crippen LogP contribution in [0.1, 0.15) is 5.56 Å². The maximum atomic E-state index is 13.3. The van der Waals surface area contributed by atoms with Crippen LogP contribution in [0.25, 0.3) is 0 Å². The number of methoxy groups -OCH3 is 1. The number of aryl methyl sites for hydroxylation is 1. The van der Waals surface area contributed by atoms with Crippen molar-refractivity contribution < 1.29 is 17.5 Å². The Morgan fingerprint density at radius 3 is 2.43 bits per heavy atom. The van der Waals surface area contributed by atoms with Gasteiger partial charge in [-0.25, -0.2) is 17.9 Å². The number of rotatable bonds is 2. The summed E-state index contributed by atoms with van der Waals surface area (Å²) in [5.41, 5.74) is 0.562. The van der Waals surface area contributed by atoms with E-state index in [1.54, 1.807) is 6.92 Å². The molecule has 6 heteroatoms. The molecule has 0 bridgehead atoms. The molecule has 0 unspecified atom stereocenters. The van der Waals surface area contributed by atoms with E-state index in [1.807, 2.05) is 0 Å². The lowest BCUT2D eigenvalue weighted by Crippen LogP contribution is -2.15. The number of halogens is 1. The fourth-order valence-electron chi connectivity index (χ4n) is 1.12. The van der Waals surface area contributed by atoms with Crippen LogP contribution >= 0.6 is 0 Å². The van der Waals surface area contributed by atoms with Crippen molar-refractivity contribution in [2.24, 2.45) is 5.14 Å². The molecule has 2 N–H and O–H groups in total. The molecule has 0 radical (unpaired) electrons. The lowest BCUT2D eigenvalue weighted by Gasteiger charge is -2.08. The number of hydrogen-bond acceptors (Lipinski definition) is 3. The van der Waals surface area contributed by atoms with Gasteiger partial charge in [0, 0.05) is 0 Å². The summed E-state index contributed by atoms with van der Waals surface area (Å²) in [5.74, 6) is -0.977. The van der Waals surface area contributed by atoms with Gasteiger partial charge in [0.1, 0.15) is 11.6 Å². The van der Waals surface area contributed by atoms with Crippen molar-refractivity contribution >= 4 is 10.0 Å². The average Bonchev–Trinajstić information content (AvgIpc) is 1.99. The monoisotopic (exact) mass is 219 g/mol. The van der Waals surface area contributed by atoms with Crippen LogP contribution in [0.15, 0.2) is 17.0 Å². The van der Waals surface area contributed by atoms with E-state index in [4.69, 9.17) is 9.88 Å². The van der Waals surface area contributed by atoms with Crippen LogP contribution in [0.5, 0.6) is 5.75 Å². The summed E-state index contributed by atoms with van der Waals surface area (Å²) < 4.78 is 40.0. The highest BCUT2D eigenvalue weighted by molar-refractivity contribution is 7.89. The first-order valence-corrected chi connectivity index (χ1v) is 5.28. The predicted octanol–water partition coefficient (Wildman–Crippen LogP) is 0.790. The maximum Gasteiger partial charge on any atom is 0.244 e. The molecule has 0 amide bonds. The minimum absolute atomic E-state index is 0.0787. The van der Waals surface area contributed by atoms with Crippen molar-refractivity contribution in [2.75, 3.05) is 7.11 Å². The first kappa shape index (κ1) is 10.9. The van der Waals surface area contributed by atoms with Crippen molar-refractivity contribution in [3.05, 3.63) is 23.5 Å². The van der Waals surface area contributed by atoms with Gasteiger partial charge in [0.2, 0.25) is 10.0 Å². The Labute approximate surface area is 81.5 Å². The van der Waals surface area contributed by atoms with E-state index >= 15 is 0 Å². The number of sulfonamides is 1. The van der Waals surface area contributed by atoms with Crippen LogP contribution in [-0.4, -0.2) is 15.5 Å². The second-order valence-corrected chi connectivity index (χ2v) is 4.32. The molecule has 0 spiro atoms. The topological polar surface area (TPSA) is 69.4 Å². The summed E-state index contributed by atoms with van der Waals surface area (Å²) >= 11 is 0. The van der Waals surface area contributed by atoms with Crippen LogP contribution in [0, 0.1) is 12.7 Å². The van der Waals surface area contributed by atoms with Crippen molar-refractivity contribution in [2.45, 2.75) is 11.8 Å². The van der Waals surface area contributed by atoms with Gasteiger partial charge in [0.15, 0.2) is 4.90 Å². The van der Waals surface area contributed by atoms with Gasteiger partial charge in [-0.05, 0) is 24.6 Å². The second-order valence-electron chi connectivity index (χ2n) is 2.82. The third-order valence-electron chi connectivity index (χ3n) is 1.66. The third-order valence-corrected chi connectivity index (χ3v) is 2.62. The summed E-state index contributed by atoms with van der Waals surface area (Å²) in [6.07, 6.45) is 0. The van der Waals surface area contributed by atoms with Crippen molar-refractivity contribution in [1.29, 1.82) is 0 Å². The van der Waals surface area contributed by atoms with Crippen LogP contribution in [-0.2, 0) is 10.0 Å². The Morgan fingerprint density at radius 1 is 1.43 bits per heavy atom. The molecule has 0 aliphatic rings. The standard InChI is InChI=1S/C8H10FNO3S/c1-5-3-6(9)8(14(10,11)12)7(4-5)13-2/h3-4H,1-2H3,(H2,10,11,12). The van der Waals surface area contributed by atoms with Gasteiger partial charge >= 0.3 is 0 Å². The fourth-order valence-corrected chi connectivity index (χ4v) is 1.88. The molecule has 4 nitrogen and oxygen atoms in total. The van der Waals surface area contributed by atoms with E-state index in [-0.39, 0.29) is 5.75 Å². The molecular formula is C8H10FNO3S. The molecule has 0 heterocycles. The van der Waals surface area contributed by atoms with E-state index in [1.165, 1.54) is 13.2 Å². The van der Waals surface area contributed by atoms with E-state index in [0.717, 1.165) is 6.07 Å². The van der Waals surface area contributed by atoms with Gasteiger partial charge in [-0.3, -0.25) is 0 Å². The van der Waals surface area contributed by atoms with Crippen LogP contribution in [0.4, 0.5) is 4.39 Å². The third kappa shape index (κ3) is 2.02. The number of hydrogen-bond donors (Lipinski definition) is 1. The molecular weight excluding hydrogens is 209 g/mol. The van der Waals surface area contributed by atoms with Crippen molar-refractivity contribution in [1.82, 2.24) is 0 Å². The Morgan fingerprint density at radius 2 is 2.00 bits per heavy atom. The molecule has 0 saturated carbocycles. The first-order valence-electron chi connectivity index (χ1n) is 3.73. The zero-order valence-corrected chi connectivity index (χ0v) is 8.56. The zero-order valence-electron chi connectivity index (χ0n) is 7.74. The second kappa shape index (κ2) is 3.55. The van der Waals surface area contributed by atoms with E-state index in [9.17, 15) is 12.8 Å². The van der Waals surface area contributed by atoms with E-state index in [0.29, 0.717) is 5.56 Å². The number of nitrogens with two attached hydrogens (primary N) is 1. The van der Waals surface area contributed by atoms with E-state index < -0.39 is 20.7 Å². The molecule has 0 aliphatic heterocycles. The van der Waals surface area contributed by atoms with E-state index in [2.05, 4.69) is 0 Å². The van der Waals surface area contributed by atoms with Gasteiger partial charge in [0.05, 0.1) is 7.11 Å². The minimum atomic E-state index is -4.09. The summed E-state index contributed by atoms with van der Waals surface area (Å²) in [4.78, 5) is -0.606. The van der Waals surface area contributed by atoms with Crippen molar-refractivity contribution in [3.63, 3.8) is 0 Å². The van der Waals surface area contributed by atoms with Crippen LogP contribution < -0.4 is 9.88 Å². The molecule has 1 aromatic rings. The highest BCUT2D eigenvalue weighted by Gasteiger charge is 2.20. The summed E-state index contributed by atoms with van der Waals surface area (Å²) in [5, 5.41) is 4.84. The van der Waals surface area contributed by atoms with Gasteiger partial charge < -0.3 is 4.74 Å². The Kier molecular flexibility index (Phi) is 2.77. The largest absolute Gasteiger partial charge is 0.495 e. The minimum Gasteiger partial charge on any atom is -0.495 e. The zero-order chi connectivity index (χ0) is 10.9. The Bertz CT molecular complexity index is 456. The molecule has 0 fully saturated rings.